The molecule has 1 aromatic carbocycles. The summed E-state index contributed by atoms with van der Waals surface area (Å²) in [5, 5.41) is 3.41. The predicted molar refractivity (Wildman–Crippen MR) is 93.8 cm³/mol. The normalized spacial score (nSPS) is 15.0. The Bertz CT molecular complexity index is 856. The minimum Gasteiger partial charge on any atom is -0.497 e. The van der Waals surface area contributed by atoms with E-state index >= 15 is 0 Å². The Morgan fingerprint density at radius 1 is 1.32 bits per heavy atom. The molecule has 2 heterocycles. The highest BCUT2D eigenvalue weighted by molar-refractivity contribution is 7.92. The lowest BCUT2D eigenvalue weighted by atomic mass is 10.1. The van der Waals surface area contributed by atoms with Gasteiger partial charge in [-0.15, -0.1) is 5.10 Å². The summed E-state index contributed by atoms with van der Waals surface area (Å²) in [6.45, 7) is 2.39. The summed E-state index contributed by atoms with van der Waals surface area (Å²) in [6, 6.07) is 6.30. The SMILES string of the molecule is CCCc1nnsc1C(=O)N1CC(S(=O)(=O)c2ccc(OC)cc2)C1. The Labute approximate surface area is 150 Å². The Kier molecular flexibility index (Phi) is 5.05. The number of methoxy groups -OCH3 is 1. The Morgan fingerprint density at radius 3 is 2.60 bits per heavy atom. The van der Waals surface area contributed by atoms with Crippen molar-refractivity contribution in [1.29, 1.82) is 0 Å². The van der Waals surface area contributed by atoms with E-state index in [4.69, 9.17) is 4.74 Å². The summed E-state index contributed by atoms with van der Waals surface area (Å²) in [7, 11) is -1.93. The van der Waals surface area contributed by atoms with Crippen LogP contribution < -0.4 is 4.74 Å². The zero-order valence-electron chi connectivity index (χ0n) is 14.0. The van der Waals surface area contributed by atoms with Crippen LogP contribution in [0.2, 0.25) is 0 Å². The van der Waals surface area contributed by atoms with E-state index in [1.54, 1.807) is 17.0 Å². The Hall–Kier alpha value is -2.00. The maximum Gasteiger partial charge on any atom is 0.267 e. The summed E-state index contributed by atoms with van der Waals surface area (Å²) < 4.78 is 34.2. The molecular weight excluding hydrogens is 362 g/mol. The van der Waals surface area contributed by atoms with Crippen molar-refractivity contribution in [3.8, 4) is 5.75 Å². The van der Waals surface area contributed by atoms with Crippen LogP contribution in [0.4, 0.5) is 0 Å². The van der Waals surface area contributed by atoms with Gasteiger partial charge in [-0.3, -0.25) is 4.79 Å². The van der Waals surface area contributed by atoms with Crippen molar-refractivity contribution < 1.29 is 17.9 Å². The lowest BCUT2D eigenvalue weighted by Crippen LogP contribution is -2.56. The van der Waals surface area contributed by atoms with Crippen LogP contribution in [0.15, 0.2) is 29.2 Å². The van der Waals surface area contributed by atoms with Crippen LogP contribution >= 0.6 is 11.5 Å². The van der Waals surface area contributed by atoms with Gasteiger partial charge >= 0.3 is 0 Å². The topological polar surface area (TPSA) is 89.5 Å². The molecule has 25 heavy (non-hydrogen) atoms. The van der Waals surface area contributed by atoms with Crippen LogP contribution in [-0.2, 0) is 16.3 Å². The quantitative estimate of drug-likeness (QED) is 0.758. The molecule has 1 aliphatic heterocycles. The molecule has 3 rings (SSSR count). The van der Waals surface area contributed by atoms with Gasteiger partial charge in [-0.25, -0.2) is 8.42 Å². The fraction of sp³-hybridized carbons (Fsp3) is 0.438. The number of rotatable bonds is 6. The van der Waals surface area contributed by atoms with E-state index < -0.39 is 15.1 Å². The highest BCUT2D eigenvalue weighted by Crippen LogP contribution is 2.27. The number of nitrogens with zero attached hydrogens (tertiary/aromatic N) is 3. The predicted octanol–water partition coefficient (Wildman–Crippen LogP) is 1.80. The van der Waals surface area contributed by atoms with Gasteiger partial charge in [-0.2, -0.15) is 0 Å². The molecule has 0 saturated carbocycles. The van der Waals surface area contributed by atoms with Crippen molar-refractivity contribution in [1.82, 2.24) is 14.5 Å². The lowest BCUT2D eigenvalue weighted by molar-refractivity contribution is 0.0662. The number of hydrogen-bond donors (Lipinski definition) is 0. The first kappa shape index (κ1) is 17.8. The fourth-order valence-electron chi connectivity index (χ4n) is 2.67. The first-order valence-corrected chi connectivity index (χ1v) is 10.3. The molecule has 1 amide bonds. The number of aromatic nitrogens is 2. The van der Waals surface area contributed by atoms with E-state index in [0.717, 1.165) is 18.0 Å². The molecule has 0 spiro atoms. The van der Waals surface area contributed by atoms with Crippen LogP contribution in [0.5, 0.6) is 5.75 Å². The van der Waals surface area contributed by atoms with E-state index in [2.05, 4.69) is 9.59 Å². The molecule has 0 radical (unpaired) electrons. The molecule has 0 aliphatic carbocycles. The number of benzene rings is 1. The molecule has 1 fully saturated rings. The molecule has 2 aromatic rings. The van der Waals surface area contributed by atoms with Crippen molar-refractivity contribution in [2.24, 2.45) is 0 Å². The van der Waals surface area contributed by atoms with Gasteiger partial charge in [-0.05, 0) is 42.2 Å². The minimum atomic E-state index is -3.46. The van der Waals surface area contributed by atoms with E-state index in [1.807, 2.05) is 6.92 Å². The minimum absolute atomic E-state index is 0.181. The number of ether oxygens (including phenoxy) is 1. The van der Waals surface area contributed by atoms with Crippen molar-refractivity contribution in [2.45, 2.75) is 29.9 Å². The van der Waals surface area contributed by atoms with E-state index in [1.165, 1.54) is 19.2 Å². The van der Waals surface area contributed by atoms with Gasteiger partial charge in [0.05, 0.1) is 17.7 Å². The molecule has 9 heteroatoms. The van der Waals surface area contributed by atoms with E-state index in [9.17, 15) is 13.2 Å². The molecule has 0 unspecified atom stereocenters. The van der Waals surface area contributed by atoms with Crippen LogP contribution in [-0.4, -0.2) is 54.3 Å². The molecule has 1 aliphatic rings. The number of amides is 1. The lowest BCUT2D eigenvalue weighted by Gasteiger charge is -2.38. The second-order valence-electron chi connectivity index (χ2n) is 5.85. The van der Waals surface area contributed by atoms with Gasteiger partial charge in [0.15, 0.2) is 9.84 Å². The summed E-state index contributed by atoms with van der Waals surface area (Å²) >= 11 is 1.07. The van der Waals surface area contributed by atoms with Gasteiger partial charge in [0, 0.05) is 13.1 Å². The zero-order chi connectivity index (χ0) is 18.0. The molecule has 1 aromatic heterocycles. The molecule has 0 atom stereocenters. The zero-order valence-corrected chi connectivity index (χ0v) is 15.6. The molecule has 0 N–H and O–H groups in total. The fourth-order valence-corrected chi connectivity index (χ4v) is 5.00. The van der Waals surface area contributed by atoms with Gasteiger partial charge < -0.3 is 9.64 Å². The Morgan fingerprint density at radius 2 is 2.00 bits per heavy atom. The monoisotopic (exact) mass is 381 g/mol. The number of carbonyl (C=O) groups is 1. The molecule has 134 valence electrons. The van der Waals surface area contributed by atoms with Crippen molar-refractivity contribution in [3.63, 3.8) is 0 Å². The summed E-state index contributed by atoms with van der Waals surface area (Å²) in [5.74, 6) is 0.421. The van der Waals surface area contributed by atoms with Crippen molar-refractivity contribution in [3.05, 3.63) is 34.8 Å². The van der Waals surface area contributed by atoms with Crippen LogP contribution in [0.3, 0.4) is 0 Å². The van der Waals surface area contributed by atoms with E-state index in [0.29, 0.717) is 22.7 Å². The largest absolute Gasteiger partial charge is 0.497 e. The van der Waals surface area contributed by atoms with Crippen molar-refractivity contribution in [2.75, 3.05) is 20.2 Å². The summed E-state index contributed by atoms with van der Waals surface area (Å²) in [5.41, 5.74) is 0.693. The maximum atomic E-state index is 12.6. The number of sulfone groups is 1. The highest BCUT2D eigenvalue weighted by Gasteiger charge is 2.41. The summed E-state index contributed by atoms with van der Waals surface area (Å²) in [4.78, 5) is 14.8. The molecule has 1 saturated heterocycles. The second kappa shape index (κ2) is 7.09. The van der Waals surface area contributed by atoms with Crippen molar-refractivity contribution >= 4 is 27.3 Å². The standard InChI is InChI=1S/C16H19N3O4S2/c1-3-4-14-15(24-18-17-14)16(20)19-9-13(10-19)25(21,22)12-7-5-11(23-2)6-8-12/h5-8,13H,3-4,9-10H2,1-2H3. The third-order valence-corrected chi connectivity index (χ3v) is 7.06. The van der Waals surface area contributed by atoms with Crippen LogP contribution in [0.1, 0.15) is 28.7 Å². The summed E-state index contributed by atoms with van der Waals surface area (Å²) in [6.07, 6.45) is 1.57. The number of likely N-dealkylation sites (tertiary alicyclic amines) is 1. The molecule has 7 nitrogen and oxygen atoms in total. The van der Waals surface area contributed by atoms with E-state index in [-0.39, 0.29) is 23.9 Å². The van der Waals surface area contributed by atoms with Gasteiger partial charge in [0.1, 0.15) is 15.9 Å². The average Bonchev–Trinajstić information content (AvgIpc) is 3.02. The van der Waals surface area contributed by atoms with Gasteiger partial charge in [-0.1, -0.05) is 17.8 Å². The number of hydrogen-bond acceptors (Lipinski definition) is 7. The number of aryl methyl sites for hydroxylation is 1. The third kappa shape index (κ3) is 3.38. The average molecular weight is 381 g/mol. The number of carbonyl (C=O) groups excluding carboxylic acids is 1. The highest BCUT2D eigenvalue weighted by atomic mass is 32.2. The Balaban J connectivity index is 1.68. The molecule has 0 bridgehead atoms. The second-order valence-corrected chi connectivity index (χ2v) is 8.83. The smallest absolute Gasteiger partial charge is 0.267 e. The van der Waals surface area contributed by atoms with Crippen LogP contribution in [0.25, 0.3) is 0 Å². The molecular formula is C16H19N3O4S2. The third-order valence-electron chi connectivity index (χ3n) is 4.20. The van der Waals surface area contributed by atoms with Gasteiger partial charge in [0.25, 0.3) is 5.91 Å². The van der Waals surface area contributed by atoms with Crippen LogP contribution in [0, 0.1) is 0 Å². The first-order chi connectivity index (χ1) is 12.0. The van der Waals surface area contributed by atoms with Gasteiger partial charge in [0.2, 0.25) is 0 Å². The maximum absolute atomic E-state index is 12.6. The first-order valence-electron chi connectivity index (χ1n) is 7.95.